The molecule has 1 fully saturated rings. The Morgan fingerprint density at radius 2 is 2.28 bits per heavy atom. The molecular weight excluding hydrogens is 246 g/mol. The molecule has 2 heterocycles. The van der Waals surface area contributed by atoms with Gasteiger partial charge in [-0.15, -0.1) is 0 Å². The molecular formula is C14H23NO2S. The van der Waals surface area contributed by atoms with Crippen molar-refractivity contribution in [3.8, 4) is 0 Å². The van der Waals surface area contributed by atoms with Crippen LogP contribution < -0.4 is 5.32 Å². The van der Waals surface area contributed by atoms with Gasteiger partial charge in [-0.3, -0.25) is 0 Å². The zero-order chi connectivity index (χ0) is 12.8. The van der Waals surface area contributed by atoms with Gasteiger partial charge in [-0.05, 0) is 42.8 Å². The van der Waals surface area contributed by atoms with E-state index in [0.29, 0.717) is 6.04 Å². The van der Waals surface area contributed by atoms with Crippen LogP contribution in [0, 0.1) is 0 Å². The van der Waals surface area contributed by atoms with E-state index in [-0.39, 0.29) is 5.60 Å². The van der Waals surface area contributed by atoms with E-state index >= 15 is 0 Å². The molecule has 3 nitrogen and oxygen atoms in total. The first-order chi connectivity index (χ1) is 8.80. The molecule has 1 unspecified atom stereocenters. The highest BCUT2D eigenvalue weighted by Gasteiger charge is 2.40. The van der Waals surface area contributed by atoms with Gasteiger partial charge in [-0.1, -0.05) is 0 Å². The predicted molar refractivity (Wildman–Crippen MR) is 75.3 cm³/mol. The Hall–Kier alpha value is -0.420. The molecule has 0 saturated carbocycles. The lowest BCUT2D eigenvalue weighted by Gasteiger charge is -2.43. The summed E-state index contributed by atoms with van der Waals surface area (Å²) >= 11 is 1.76. The van der Waals surface area contributed by atoms with Gasteiger partial charge < -0.3 is 14.8 Å². The number of likely N-dealkylation sites (N-methyl/N-ethyl adjacent to an activating group) is 1. The number of thiophene rings is 1. The molecule has 2 rings (SSSR count). The van der Waals surface area contributed by atoms with Crippen LogP contribution in [0.5, 0.6) is 0 Å². The average Bonchev–Trinajstić information content (AvgIpc) is 2.90. The lowest BCUT2D eigenvalue weighted by molar-refractivity contribution is -0.125. The highest BCUT2D eigenvalue weighted by Crippen LogP contribution is 2.31. The molecule has 1 aliphatic heterocycles. The number of nitrogens with one attached hydrogen (secondary N) is 1. The van der Waals surface area contributed by atoms with Gasteiger partial charge in [-0.25, -0.2) is 0 Å². The molecule has 1 atom stereocenters. The van der Waals surface area contributed by atoms with Crippen LogP contribution in [0.4, 0.5) is 0 Å². The van der Waals surface area contributed by atoms with Gasteiger partial charge in [0.1, 0.15) is 0 Å². The Morgan fingerprint density at radius 1 is 1.50 bits per heavy atom. The quantitative estimate of drug-likeness (QED) is 0.860. The maximum Gasteiger partial charge on any atom is 0.0881 e. The summed E-state index contributed by atoms with van der Waals surface area (Å²) in [6, 6.07) is 2.56. The molecule has 0 radical (unpaired) electrons. The molecule has 0 aliphatic carbocycles. The number of rotatable bonds is 6. The Labute approximate surface area is 113 Å². The van der Waals surface area contributed by atoms with E-state index < -0.39 is 0 Å². The van der Waals surface area contributed by atoms with Crippen LogP contribution in [0.1, 0.15) is 25.3 Å². The average molecular weight is 269 g/mol. The van der Waals surface area contributed by atoms with E-state index in [2.05, 4.69) is 29.1 Å². The zero-order valence-corrected chi connectivity index (χ0v) is 12.1. The summed E-state index contributed by atoms with van der Waals surface area (Å²) in [5.74, 6) is 0. The van der Waals surface area contributed by atoms with Crippen molar-refractivity contribution in [1.82, 2.24) is 5.32 Å². The highest BCUT2D eigenvalue weighted by atomic mass is 32.1. The topological polar surface area (TPSA) is 30.5 Å². The van der Waals surface area contributed by atoms with Gasteiger partial charge in [0.05, 0.1) is 5.60 Å². The SMILES string of the molecule is CCOC1(C(Cc2ccsc2)NC)CCOCC1. The Kier molecular flexibility index (Phi) is 5.18. The van der Waals surface area contributed by atoms with Crippen LogP contribution in [0.3, 0.4) is 0 Å². The Balaban J connectivity index is 2.10. The first kappa shape index (κ1) is 14.0. The summed E-state index contributed by atoms with van der Waals surface area (Å²) in [4.78, 5) is 0. The van der Waals surface area contributed by atoms with Gasteiger partial charge in [0, 0.05) is 38.7 Å². The minimum atomic E-state index is -0.0658. The minimum Gasteiger partial charge on any atom is -0.381 e. The van der Waals surface area contributed by atoms with Crippen LogP contribution in [0.2, 0.25) is 0 Å². The molecule has 102 valence electrons. The standard InChI is InChI=1S/C14H23NO2S/c1-3-17-14(5-7-16-8-6-14)13(15-2)10-12-4-9-18-11-12/h4,9,11,13,15H,3,5-8,10H2,1-2H3. The molecule has 18 heavy (non-hydrogen) atoms. The van der Waals surface area contributed by atoms with Crippen molar-refractivity contribution in [2.45, 2.75) is 37.8 Å². The Bertz CT molecular complexity index is 328. The molecule has 1 aromatic heterocycles. The molecule has 0 bridgehead atoms. The van der Waals surface area contributed by atoms with Gasteiger partial charge in [0.15, 0.2) is 0 Å². The van der Waals surface area contributed by atoms with Crippen LogP contribution in [-0.2, 0) is 15.9 Å². The highest BCUT2D eigenvalue weighted by molar-refractivity contribution is 7.07. The monoisotopic (exact) mass is 269 g/mol. The fourth-order valence-electron chi connectivity index (χ4n) is 2.79. The minimum absolute atomic E-state index is 0.0658. The largest absolute Gasteiger partial charge is 0.381 e. The van der Waals surface area contributed by atoms with Crippen LogP contribution in [-0.4, -0.2) is 38.5 Å². The van der Waals surface area contributed by atoms with Crippen LogP contribution in [0.25, 0.3) is 0 Å². The molecule has 0 amide bonds. The molecule has 0 spiro atoms. The van der Waals surface area contributed by atoms with Gasteiger partial charge in [-0.2, -0.15) is 11.3 Å². The predicted octanol–water partition coefficient (Wildman–Crippen LogP) is 2.46. The maximum atomic E-state index is 6.13. The number of hydrogen-bond acceptors (Lipinski definition) is 4. The fraction of sp³-hybridized carbons (Fsp3) is 0.714. The van der Waals surface area contributed by atoms with Crippen molar-refractivity contribution in [2.24, 2.45) is 0 Å². The maximum absolute atomic E-state index is 6.13. The fourth-order valence-corrected chi connectivity index (χ4v) is 3.47. The third kappa shape index (κ3) is 3.12. The molecule has 1 saturated heterocycles. The second-order valence-corrected chi connectivity index (χ2v) is 5.57. The van der Waals surface area contributed by atoms with Crippen molar-refractivity contribution in [3.05, 3.63) is 22.4 Å². The third-order valence-corrected chi connectivity index (χ3v) is 4.51. The zero-order valence-electron chi connectivity index (χ0n) is 11.3. The van der Waals surface area contributed by atoms with Gasteiger partial charge in [0.25, 0.3) is 0 Å². The van der Waals surface area contributed by atoms with E-state index in [1.165, 1.54) is 5.56 Å². The van der Waals surface area contributed by atoms with Crippen molar-refractivity contribution in [2.75, 3.05) is 26.9 Å². The summed E-state index contributed by atoms with van der Waals surface area (Å²) < 4.78 is 11.6. The third-order valence-electron chi connectivity index (χ3n) is 3.77. The summed E-state index contributed by atoms with van der Waals surface area (Å²) in [5.41, 5.74) is 1.33. The number of hydrogen-bond donors (Lipinski definition) is 1. The van der Waals surface area contributed by atoms with Crippen LogP contribution in [0.15, 0.2) is 16.8 Å². The first-order valence-corrected chi connectivity index (χ1v) is 7.65. The first-order valence-electron chi connectivity index (χ1n) is 6.71. The van der Waals surface area contributed by atoms with Crippen molar-refractivity contribution in [3.63, 3.8) is 0 Å². The molecule has 0 aromatic carbocycles. The summed E-state index contributed by atoms with van der Waals surface area (Å²) in [7, 11) is 2.03. The molecule has 4 heteroatoms. The summed E-state index contributed by atoms with van der Waals surface area (Å²) in [6.07, 6.45) is 2.99. The summed E-state index contributed by atoms with van der Waals surface area (Å²) in [6.45, 7) is 4.46. The molecule has 1 aliphatic rings. The van der Waals surface area contributed by atoms with Gasteiger partial charge in [0.2, 0.25) is 0 Å². The lowest BCUT2D eigenvalue weighted by Crippen LogP contribution is -2.55. The Morgan fingerprint density at radius 3 is 2.83 bits per heavy atom. The van der Waals surface area contributed by atoms with Crippen molar-refractivity contribution >= 4 is 11.3 Å². The van der Waals surface area contributed by atoms with Gasteiger partial charge >= 0.3 is 0 Å². The van der Waals surface area contributed by atoms with Crippen LogP contribution >= 0.6 is 11.3 Å². The normalized spacial score (nSPS) is 20.8. The second kappa shape index (κ2) is 6.66. The van der Waals surface area contributed by atoms with E-state index in [1.807, 2.05) is 7.05 Å². The van der Waals surface area contributed by atoms with E-state index in [4.69, 9.17) is 9.47 Å². The number of ether oxygens (including phenoxy) is 2. The lowest BCUT2D eigenvalue weighted by atomic mass is 9.83. The second-order valence-electron chi connectivity index (χ2n) is 4.79. The van der Waals surface area contributed by atoms with E-state index in [0.717, 1.165) is 39.1 Å². The smallest absolute Gasteiger partial charge is 0.0881 e. The summed E-state index contributed by atoms with van der Waals surface area (Å²) in [5, 5.41) is 7.82. The van der Waals surface area contributed by atoms with Crippen molar-refractivity contribution < 1.29 is 9.47 Å². The van der Waals surface area contributed by atoms with Crippen molar-refractivity contribution in [1.29, 1.82) is 0 Å². The molecule has 1 N–H and O–H groups in total. The van der Waals surface area contributed by atoms with E-state index in [9.17, 15) is 0 Å². The molecule has 1 aromatic rings. The van der Waals surface area contributed by atoms with E-state index in [1.54, 1.807) is 11.3 Å².